The molecule has 2 unspecified atom stereocenters. The molecule has 3 aliphatic heterocycles. The van der Waals surface area contributed by atoms with Gasteiger partial charge in [-0.25, -0.2) is 0 Å². The van der Waals surface area contributed by atoms with Gasteiger partial charge in [-0.15, -0.1) is 0 Å². The van der Waals surface area contributed by atoms with Crippen LogP contribution in [0.4, 0.5) is 0 Å². The molecule has 0 radical (unpaired) electrons. The molecule has 1 N–H and O–H groups in total. The van der Waals surface area contributed by atoms with Crippen LogP contribution in [0.3, 0.4) is 0 Å². The highest BCUT2D eigenvalue weighted by Crippen LogP contribution is 2.43. The van der Waals surface area contributed by atoms with Gasteiger partial charge in [0, 0.05) is 24.5 Å². The molecule has 3 fully saturated rings. The molecule has 18 heavy (non-hydrogen) atoms. The lowest BCUT2D eigenvalue weighted by molar-refractivity contribution is -0.138. The SMILES string of the molecule is O=C(O)CC1CC2CCC(C1)N2C1CCSCC1. The summed E-state index contributed by atoms with van der Waals surface area (Å²) >= 11 is 2.09. The first kappa shape index (κ1) is 12.8. The zero-order valence-electron chi connectivity index (χ0n) is 10.9. The first-order valence-electron chi connectivity index (χ1n) is 7.31. The number of thioether (sulfide) groups is 1. The van der Waals surface area contributed by atoms with E-state index in [1.165, 1.54) is 37.2 Å². The van der Waals surface area contributed by atoms with Crippen LogP contribution in [0.1, 0.15) is 44.9 Å². The second-order valence-corrected chi connectivity index (χ2v) is 7.34. The number of piperidine rings is 1. The van der Waals surface area contributed by atoms with E-state index in [2.05, 4.69) is 16.7 Å². The van der Waals surface area contributed by atoms with Crippen LogP contribution in [0.25, 0.3) is 0 Å². The van der Waals surface area contributed by atoms with Crippen LogP contribution in [-0.2, 0) is 4.79 Å². The van der Waals surface area contributed by atoms with Crippen molar-refractivity contribution in [3.8, 4) is 0 Å². The van der Waals surface area contributed by atoms with E-state index in [0.29, 0.717) is 24.4 Å². The van der Waals surface area contributed by atoms with Crippen molar-refractivity contribution in [3.05, 3.63) is 0 Å². The molecule has 0 aromatic rings. The van der Waals surface area contributed by atoms with Crippen LogP contribution in [0.15, 0.2) is 0 Å². The van der Waals surface area contributed by atoms with E-state index in [1.807, 2.05) is 0 Å². The molecule has 3 nitrogen and oxygen atoms in total. The number of fused-ring (bicyclic) bond motifs is 2. The summed E-state index contributed by atoms with van der Waals surface area (Å²) in [4.78, 5) is 13.7. The number of aliphatic carboxylic acids is 1. The van der Waals surface area contributed by atoms with Gasteiger partial charge in [-0.3, -0.25) is 9.69 Å². The quantitative estimate of drug-likeness (QED) is 0.855. The molecule has 2 bridgehead atoms. The second-order valence-electron chi connectivity index (χ2n) is 6.11. The summed E-state index contributed by atoms with van der Waals surface area (Å²) in [6, 6.07) is 2.19. The Balaban J connectivity index is 1.63. The summed E-state index contributed by atoms with van der Waals surface area (Å²) in [6.07, 6.45) is 7.97. The molecule has 4 heteroatoms. The summed E-state index contributed by atoms with van der Waals surface area (Å²) < 4.78 is 0. The van der Waals surface area contributed by atoms with E-state index < -0.39 is 5.97 Å². The number of hydrogen-bond donors (Lipinski definition) is 1. The number of carbonyl (C=O) groups is 1. The molecule has 3 heterocycles. The van der Waals surface area contributed by atoms with Crippen LogP contribution in [0, 0.1) is 5.92 Å². The first-order chi connectivity index (χ1) is 8.74. The summed E-state index contributed by atoms with van der Waals surface area (Å²) in [5.74, 6) is 2.47. The molecule has 0 aliphatic carbocycles. The molecule has 3 aliphatic rings. The van der Waals surface area contributed by atoms with Crippen molar-refractivity contribution in [3.63, 3.8) is 0 Å². The molecule has 3 rings (SSSR count). The number of rotatable bonds is 3. The Hall–Kier alpha value is -0.220. The lowest BCUT2D eigenvalue weighted by Crippen LogP contribution is -2.50. The highest BCUT2D eigenvalue weighted by Gasteiger charge is 2.44. The van der Waals surface area contributed by atoms with Crippen LogP contribution in [0.5, 0.6) is 0 Å². The summed E-state index contributed by atoms with van der Waals surface area (Å²) in [7, 11) is 0. The highest BCUT2D eigenvalue weighted by atomic mass is 32.2. The minimum absolute atomic E-state index is 0.390. The Labute approximate surface area is 113 Å². The molecule has 0 amide bonds. The van der Waals surface area contributed by atoms with Gasteiger partial charge >= 0.3 is 5.97 Å². The van der Waals surface area contributed by atoms with Crippen molar-refractivity contribution >= 4 is 17.7 Å². The lowest BCUT2D eigenvalue weighted by atomic mass is 9.86. The van der Waals surface area contributed by atoms with Crippen molar-refractivity contribution in [2.24, 2.45) is 5.92 Å². The highest BCUT2D eigenvalue weighted by molar-refractivity contribution is 7.99. The Kier molecular flexibility index (Phi) is 3.85. The molecule has 0 aromatic carbocycles. The molecule has 102 valence electrons. The Morgan fingerprint density at radius 3 is 2.22 bits per heavy atom. The fourth-order valence-electron chi connectivity index (χ4n) is 4.32. The summed E-state index contributed by atoms with van der Waals surface area (Å²) in [5.41, 5.74) is 0. The number of nitrogens with zero attached hydrogens (tertiary/aromatic N) is 1. The Morgan fingerprint density at radius 1 is 1.06 bits per heavy atom. The maximum absolute atomic E-state index is 10.9. The largest absolute Gasteiger partial charge is 0.481 e. The molecule has 0 saturated carbocycles. The van der Waals surface area contributed by atoms with Crippen molar-refractivity contribution in [1.29, 1.82) is 0 Å². The van der Waals surface area contributed by atoms with Crippen molar-refractivity contribution in [2.75, 3.05) is 11.5 Å². The third kappa shape index (κ3) is 2.55. The van der Waals surface area contributed by atoms with Gasteiger partial charge in [-0.2, -0.15) is 11.8 Å². The van der Waals surface area contributed by atoms with Crippen LogP contribution < -0.4 is 0 Å². The van der Waals surface area contributed by atoms with Crippen LogP contribution >= 0.6 is 11.8 Å². The van der Waals surface area contributed by atoms with Gasteiger partial charge < -0.3 is 5.11 Å². The first-order valence-corrected chi connectivity index (χ1v) is 8.46. The van der Waals surface area contributed by atoms with E-state index in [1.54, 1.807) is 0 Å². The second kappa shape index (κ2) is 5.41. The summed E-state index contributed by atoms with van der Waals surface area (Å²) in [5, 5.41) is 8.96. The van der Waals surface area contributed by atoms with E-state index in [9.17, 15) is 4.79 Å². The molecule has 3 saturated heterocycles. The maximum atomic E-state index is 10.9. The van der Waals surface area contributed by atoms with Gasteiger partial charge in [0.05, 0.1) is 0 Å². The summed E-state index contributed by atoms with van der Waals surface area (Å²) in [6.45, 7) is 0. The van der Waals surface area contributed by atoms with E-state index in [4.69, 9.17) is 5.11 Å². The van der Waals surface area contributed by atoms with Gasteiger partial charge in [0.2, 0.25) is 0 Å². The van der Waals surface area contributed by atoms with E-state index >= 15 is 0 Å². The van der Waals surface area contributed by atoms with E-state index in [-0.39, 0.29) is 0 Å². The van der Waals surface area contributed by atoms with Gasteiger partial charge in [-0.05, 0) is 55.9 Å². The van der Waals surface area contributed by atoms with Gasteiger partial charge in [-0.1, -0.05) is 0 Å². The third-order valence-corrected chi connectivity index (χ3v) is 6.01. The van der Waals surface area contributed by atoms with Gasteiger partial charge in [0.15, 0.2) is 0 Å². The predicted octanol–water partition coefficient (Wildman–Crippen LogP) is 2.60. The lowest BCUT2D eigenvalue weighted by Gasteiger charge is -2.44. The Bertz CT molecular complexity index is 303. The molecule has 2 atom stereocenters. The molecular weight excluding hydrogens is 246 g/mol. The average molecular weight is 269 g/mol. The minimum atomic E-state index is -0.609. The predicted molar refractivity (Wildman–Crippen MR) is 74.0 cm³/mol. The van der Waals surface area contributed by atoms with Crippen molar-refractivity contribution in [2.45, 2.75) is 63.1 Å². The third-order valence-electron chi connectivity index (χ3n) is 4.96. The smallest absolute Gasteiger partial charge is 0.303 e. The van der Waals surface area contributed by atoms with Crippen LogP contribution in [-0.4, -0.2) is 45.6 Å². The number of carboxylic acids is 1. The van der Waals surface area contributed by atoms with Crippen molar-refractivity contribution in [1.82, 2.24) is 4.90 Å². The zero-order chi connectivity index (χ0) is 12.5. The fraction of sp³-hybridized carbons (Fsp3) is 0.929. The zero-order valence-corrected chi connectivity index (χ0v) is 11.7. The normalized spacial score (nSPS) is 37.9. The van der Waals surface area contributed by atoms with Crippen LogP contribution in [0.2, 0.25) is 0 Å². The van der Waals surface area contributed by atoms with Gasteiger partial charge in [0.25, 0.3) is 0 Å². The number of carboxylic acid groups (broad SMARTS) is 1. The maximum Gasteiger partial charge on any atom is 0.303 e. The fourth-order valence-corrected chi connectivity index (χ4v) is 5.40. The van der Waals surface area contributed by atoms with E-state index in [0.717, 1.165) is 18.9 Å². The molecule has 0 spiro atoms. The average Bonchev–Trinajstić information content (AvgIpc) is 2.62. The molecule has 0 aromatic heterocycles. The molecular formula is C14H23NO2S. The number of hydrogen-bond acceptors (Lipinski definition) is 3. The van der Waals surface area contributed by atoms with Gasteiger partial charge in [0.1, 0.15) is 0 Å². The standard InChI is InChI=1S/C14H23NO2S/c16-14(17)9-10-7-12-1-2-13(8-10)15(12)11-3-5-18-6-4-11/h10-13H,1-9H2,(H,16,17). The topological polar surface area (TPSA) is 40.5 Å². The minimum Gasteiger partial charge on any atom is -0.481 e. The Morgan fingerprint density at radius 2 is 1.67 bits per heavy atom. The monoisotopic (exact) mass is 269 g/mol. The van der Waals surface area contributed by atoms with Crippen molar-refractivity contribution < 1.29 is 9.90 Å².